The Morgan fingerprint density at radius 1 is 1.14 bits per heavy atom. The van der Waals surface area contributed by atoms with Crippen LogP contribution in [-0.4, -0.2) is 15.2 Å². The van der Waals surface area contributed by atoms with E-state index in [0.717, 1.165) is 10.3 Å². The van der Waals surface area contributed by atoms with Gasteiger partial charge in [0.25, 0.3) is 0 Å². The molecule has 1 heterocycles. The van der Waals surface area contributed by atoms with Gasteiger partial charge < -0.3 is 0 Å². The fourth-order valence-corrected chi connectivity index (χ4v) is 1.59. The van der Waals surface area contributed by atoms with Crippen molar-refractivity contribution in [3.05, 3.63) is 52.5 Å². The second kappa shape index (κ2) is 4.28. The summed E-state index contributed by atoms with van der Waals surface area (Å²) in [6, 6.07) is 8.03. The average molecular weight is 250 g/mol. The first-order chi connectivity index (χ1) is 6.86. The minimum absolute atomic E-state index is 0.704. The number of rotatable bonds is 2. The van der Waals surface area contributed by atoms with Crippen molar-refractivity contribution in [1.29, 1.82) is 0 Å². The van der Waals surface area contributed by atoms with E-state index in [0.29, 0.717) is 6.42 Å². The number of nitrogens with zero attached hydrogens (tertiary/aromatic N) is 3. The third kappa shape index (κ3) is 2.14. The standard InChI is InChI=1S/C10H8BrN3/c11-9-4-2-1-3-8(9)7-10-12-5-6-13-14-10/h1-6H,7H2. The van der Waals surface area contributed by atoms with Crippen molar-refractivity contribution in [2.75, 3.05) is 0 Å². The Bertz CT molecular complexity index is 417. The van der Waals surface area contributed by atoms with Crippen molar-refractivity contribution in [3.8, 4) is 0 Å². The lowest BCUT2D eigenvalue weighted by molar-refractivity contribution is 0.862. The molecule has 70 valence electrons. The van der Waals surface area contributed by atoms with Gasteiger partial charge in [-0.1, -0.05) is 34.1 Å². The number of hydrogen-bond acceptors (Lipinski definition) is 3. The molecule has 0 saturated carbocycles. The van der Waals surface area contributed by atoms with E-state index in [9.17, 15) is 0 Å². The molecule has 0 unspecified atom stereocenters. The maximum Gasteiger partial charge on any atom is 0.155 e. The van der Waals surface area contributed by atoms with Gasteiger partial charge in [0.05, 0.1) is 6.20 Å². The second-order valence-corrected chi connectivity index (χ2v) is 3.68. The van der Waals surface area contributed by atoms with Crippen molar-refractivity contribution in [1.82, 2.24) is 15.2 Å². The summed E-state index contributed by atoms with van der Waals surface area (Å²) in [7, 11) is 0. The molecule has 2 aromatic rings. The molecule has 0 amide bonds. The van der Waals surface area contributed by atoms with Gasteiger partial charge in [-0.2, -0.15) is 5.10 Å². The number of aromatic nitrogens is 3. The second-order valence-electron chi connectivity index (χ2n) is 2.83. The Hall–Kier alpha value is -1.29. The quantitative estimate of drug-likeness (QED) is 0.820. The first-order valence-electron chi connectivity index (χ1n) is 4.22. The Morgan fingerprint density at radius 3 is 2.71 bits per heavy atom. The van der Waals surface area contributed by atoms with E-state index in [2.05, 4.69) is 31.1 Å². The van der Waals surface area contributed by atoms with Crippen LogP contribution in [0.3, 0.4) is 0 Å². The Morgan fingerprint density at radius 2 is 2.00 bits per heavy atom. The molecule has 0 fully saturated rings. The van der Waals surface area contributed by atoms with Crippen LogP contribution in [0.25, 0.3) is 0 Å². The highest BCUT2D eigenvalue weighted by Gasteiger charge is 2.01. The van der Waals surface area contributed by atoms with Gasteiger partial charge in [-0.25, -0.2) is 4.98 Å². The monoisotopic (exact) mass is 249 g/mol. The summed E-state index contributed by atoms with van der Waals surface area (Å²) in [6.07, 6.45) is 3.93. The Labute approximate surface area is 90.3 Å². The highest BCUT2D eigenvalue weighted by Crippen LogP contribution is 2.17. The summed E-state index contributed by atoms with van der Waals surface area (Å²) in [6.45, 7) is 0. The average Bonchev–Trinajstić information content (AvgIpc) is 2.23. The van der Waals surface area contributed by atoms with Gasteiger partial charge in [-0.15, -0.1) is 5.10 Å². The van der Waals surface area contributed by atoms with Crippen LogP contribution >= 0.6 is 15.9 Å². The largest absolute Gasteiger partial charge is 0.237 e. The summed E-state index contributed by atoms with van der Waals surface area (Å²) in [5.74, 6) is 0.736. The van der Waals surface area contributed by atoms with Gasteiger partial charge in [0.1, 0.15) is 0 Å². The number of benzene rings is 1. The smallest absolute Gasteiger partial charge is 0.155 e. The van der Waals surface area contributed by atoms with Crippen LogP contribution in [0.5, 0.6) is 0 Å². The first-order valence-corrected chi connectivity index (χ1v) is 5.01. The molecule has 1 aromatic carbocycles. The Balaban J connectivity index is 2.24. The van der Waals surface area contributed by atoms with Crippen LogP contribution in [-0.2, 0) is 6.42 Å². The third-order valence-electron chi connectivity index (χ3n) is 1.84. The molecule has 14 heavy (non-hydrogen) atoms. The molecule has 2 rings (SSSR count). The predicted octanol–water partition coefficient (Wildman–Crippen LogP) is 2.22. The van der Waals surface area contributed by atoms with Crippen LogP contribution in [0.4, 0.5) is 0 Å². The molecule has 0 N–H and O–H groups in total. The maximum atomic E-state index is 4.12. The van der Waals surface area contributed by atoms with E-state index in [1.165, 1.54) is 5.56 Å². The number of hydrogen-bond donors (Lipinski definition) is 0. The van der Waals surface area contributed by atoms with Gasteiger partial charge in [-0.3, -0.25) is 0 Å². The molecule has 0 atom stereocenters. The zero-order valence-corrected chi connectivity index (χ0v) is 8.98. The van der Waals surface area contributed by atoms with Gasteiger partial charge >= 0.3 is 0 Å². The molecular weight excluding hydrogens is 242 g/mol. The van der Waals surface area contributed by atoms with Gasteiger partial charge in [0.15, 0.2) is 5.82 Å². The number of halogens is 1. The van der Waals surface area contributed by atoms with Crippen LogP contribution < -0.4 is 0 Å². The summed E-state index contributed by atoms with van der Waals surface area (Å²) < 4.78 is 1.08. The summed E-state index contributed by atoms with van der Waals surface area (Å²) in [5, 5.41) is 7.72. The lowest BCUT2D eigenvalue weighted by Gasteiger charge is -2.01. The minimum Gasteiger partial charge on any atom is -0.237 e. The van der Waals surface area contributed by atoms with Crippen LogP contribution in [0.2, 0.25) is 0 Å². The van der Waals surface area contributed by atoms with E-state index in [4.69, 9.17) is 0 Å². The highest BCUT2D eigenvalue weighted by atomic mass is 79.9. The molecular formula is C10H8BrN3. The summed E-state index contributed by atoms with van der Waals surface area (Å²) in [5.41, 5.74) is 1.17. The Kier molecular flexibility index (Phi) is 2.84. The van der Waals surface area contributed by atoms with Gasteiger partial charge in [0, 0.05) is 17.1 Å². The lowest BCUT2D eigenvalue weighted by atomic mass is 10.1. The predicted molar refractivity (Wildman–Crippen MR) is 56.8 cm³/mol. The molecule has 4 heteroatoms. The van der Waals surface area contributed by atoms with Crippen LogP contribution in [0, 0.1) is 0 Å². The molecule has 0 aliphatic heterocycles. The summed E-state index contributed by atoms with van der Waals surface area (Å²) in [4.78, 5) is 4.12. The molecule has 0 spiro atoms. The van der Waals surface area contributed by atoms with Crippen LogP contribution in [0.15, 0.2) is 41.1 Å². The first kappa shape index (κ1) is 9.27. The van der Waals surface area contributed by atoms with E-state index in [-0.39, 0.29) is 0 Å². The van der Waals surface area contributed by atoms with E-state index in [1.54, 1.807) is 12.4 Å². The van der Waals surface area contributed by atoms with Crippen molar-refractivity contribution >= 4 is 15.9 Å². The van der Waals surface area contributed by atoms with Gasteiger partial charge in [0.2, 0.25) is 0 Å². The molecule has 0 aliphatic carbocycles. The van der Waals surface area contributed by atoms with Crippen molar-refractivity contribution in [3.63, 3.8) is 0 Å². The lowest BCUT2D eigenvalue weighted by Crippen LogP contribution is -1.97. The van der Waals surface area contributed by atoms with E-state index < -0.39 is 0 Å². The molecule has 0 saturated heterocycles. The van der Waals surface area contributed by atoms with Crippen LogP contribution in [0.1, 0.15) is 11.4 Å². The van der Waals surface area contributed by atoms with Crippen molar-refractivity contribution in [2.45, 2.75) is 6.42 Å². The SMILES string of the molecule is Brc1ccccc1Cc1nccnn1. The summed E-state index contributed by atoms with van der Waals surface area (Å²) >= 11 is 3.48. The van der Waals surface area contributed by atoms with Crippen molar-refractivity contribution < 1.29 is 0 Å². The normalized spacial score (nSPS) is 10.1. The maximum absolute atomic E-state index is 4.12. The fourth-order valence-electron chi connectivity index (χ4n) is 1.17. The zero-order chi connectivity index (χ0) is 9.80. The van der Waals surface area contributed by atoms with Gasteiger partial charge in [-0.05, 0) is 11.6 Å². The zero-order valence-electron chi connectivity index (χ0n) is 7.39. The topological polar surface area (TPSA) is 38.7 Å². The fraction of sp³-hybridized carbons (Fsp3) is 0.100. The molecule has 1 aromatic heterocycles. The van der Waals surface area contributed by atoms with Crippen molar-refractivity contribution in [2.24, 2.45) is 0 Å². The molecule has 3 nitrogen and oxygen atoms in total. The molecule has 0 bridgehead atoms. The molecule has 0 aliphatic rings. The van der Waals surface area contributed by atoms with E-state index in [1.807, 2.05) is 24.3 Å². The highest BCUT2D eigenvalue weighted by molar-refractivity contribution is 9.10. The molecule has 0 radical (unpaired) electrons. The minimum atomic E-state index is 0.704. The van der Waals surface area contributed by atoms with E-state index >= 15 is 0 Å². The third-order valence-corrected chi connectivity index (χ3v) is 2.61.